The lowest BCUT2D eigenvalue weighted by Gasteiger charge is -2.40. The van der Waals surface area contributed by atoms with E-state index in [-0.39, 0.29) is 11.8 Å². The molecule has 0 spiro atoms. The molecule has 41 heavy (non-hydrogen) atoms. The van der Waals surface area contributed by atoms with Crippen molar-refractivity contribution in [1.29, 1.82) is 5.26 Å². The second kappa shape index (κ2) is 13.2. The Morgan fingerprint density at radius 1 is 1.05 bits per heavy atom. The molecule has 0 radical (unpaired) electrons. The van der Waals surface area contributed by atoms with E-state index in [1.165, 1.54) is 0 Å². The topological polar surface area (TPSA) is 67.7 Å². The van der Waals surface area contributed by atoms with E-state index in [1.54, 1.807) is 11.0 Å². The number of nitrogens with zero attached hydrogens (tertiary/aromatic N) is 4. The molecule has 5 rings (SSSR count). The average Bonchev–Trinajstić information content (AvgIpc) is 3.00. The Kier molecular flexibility index (Phi) is 9.49. The quantitative estimate of drug-likeness (QED) is 0.291. The number of hydrogen-bond donors (Lipinski definition) is 0. The molecule has 2 amide bonds. The smallest absolute Gasteiger partial charge is 0.254 e. The van der Waals surface area contributed by atoms with Crippen molar-refractivity contribution >= 4 is 45.8 Å². The second-order valence-corrected chi connectivity index (χ2v) is 12.1. The number of benzene rings is 3. The maximum atomic E-state index is 13.8. The number of likely N-dealkylation sites (tertiary alicyclic amines) is 2. The third-order valence-corrected chi connectivity index (χ3v) is 9.37. The molecule has 8 heteroatoms. The van der Waals surface area contributed by atoms with Gasteiger partial charge < -0.3 is 14.7 Å². The van der Waals surface area contributed by atoms with E-state index in [9.17, 15) is 14.9 Å². The lowest BCUT2D eigenvalue weighted by atomic mass is 9.93. The van der Waals surface area contributed by atoms with Crippen molar-refractivity contribution in [1.82, 2.24) is 14.7 Å². The van der Waals surface area contributed by atoms with Crippen molar-refractivity contribution in [3.8, 4) is 6.07 Å². The molecule has 2 heterocycles. The van der Waals surface area contributed by atoms with Crippen LogP contribution in [0.25, 0.3) is 10.8 Å². The summed E-state index contributed by atoms with van der Waals surface area (Å²) in [4.78, 5) is 32.5. The Labute approximate surface area is 252 Å². The minimum Gasteiger partial charge on any atom is -0.341 e. The third kappa shape index (κ3) is 6.86. The fourth-order valence-electron chi connectivity index (χ4n) is 6.31. The first kappa shape index (κ1) is 29.4. The van der Waals surface area contributed by atoms with Gasteiger partial charge in [-0.05, 0) is 79.3 Å². The molecule has 0 N–H and O–H groups in total. The van der Waals surface area contributed by atoms with E-state index in [0.717, 1.165) is 74.6 Å². The molecular formula is C33H36Cl2N4O2. The maximum Gasteiger partial charge on any atom is 0.254 e. The van der Waals surface area contributed by atoms with Crippen LogP contribution in [0.4, 0.5) is 0 Å². The van der Waals surface area contributed by atoms with Crippen molar-refractivity contribution in [2.45, 2.75) is 50.5 Å². The third-order valence-electron chi connectivity index (χ3n) is 8.63. The summed E-state index contributed by atoms with van der Waals surface area (Å²) >= 11 is 12.6. The van der Waals surface area contributed by atoms with Gasteiger partial charge in [0, 0.05) is 57.2 Å². The summed E-state index contributed by atoms with van der Waals surface area (Å²) in [7, 11) is 1.82. The predicted octanol–water partition coefficient (Wildman–Crippen LogP) is 6.74. The van der Waals surface area contributed by atoms with Gasteiger partial charge in [-0.1, -0.05) is 53.5 Å². The highest BCUT2D eigenvalue weighted by Crippen LogP contribution is 2.31. The molecular weight excluding hydrogens is 555 g/mol. The van der Waals surface area contributed by atoms with Crippen LogP contribution >= 0.6 is 23.2 Å². The van der Waals surface area contributed by atoms with Crippen molar-refractivity contribution in [2.75, 3.05) is 39.8 Å². The molecule has 0 aliphatic carbocycles. The first-order valence-electron chi connectivity index (χ1n) is 14.5. The lowest BCUT2D eigenvalue weighted by molar-refractivity contribution is -0.136. The molecule has 2 aliphatic heterocycles. The van der Waals surface area contributed by atoms with Crippen molar-refractivity contribution in [3.63, 3.8) is 0 Å². The molecule has 0 saturated carbocycles. The number of hydrogen-bond acceptors (Lipinski definition) is 4. The molecule has 0 aromatic heterocycles. The van der Waals surface area contributed by atoms with Gasteiger partial charge in [0.1, 0.15) is 0 Å². The van der Waals surface area contributed by atoms with E-state index in [0.29, 0.717) is 46.1 Å². The van der Waals surface area contributed by atoms with Crippen LogP contribution in [0.5, 0.6) is 0 Å². The van der Waals surface area contributed by atoms with Crippen LogP contribution in [0.2, 0.25) is 10.0 Å². The Balaban J connectivity index is 1.29. The fraction of sp³-hybridized carbons (Fsp3) is 0.424. The Hall–Kier alpha value is -3.11. The second-order valence-electron chi connectivity index (χ2n) is 11.3. The molecule has 3 aromatic carbocycles. The number of rotatable bonds is 8. The zero-order valence-electron chi connectivity index (χ0n) is 23.5. The highest BCUT2D eigenvalue weighted by atomic mass is 35.5. The van der Waals surface area contributed by atoms with Crippen LogP contribution in [-0.2, 0) is 4.79 Å². The van der Waals surface area contributed by atoms with Crippen molar-refractivity contribution in [3.05, 3.63) is 81.3 Å². The molecule has 2 aliphatic rings. The standard InChI is InChI=1S/C33H36Cl2N4O2/c1-37(33(41)29-19-23(21-36)18-25-6-2-3-7-28(25)29)22-26(24-9-10-30(34)31(35)20-24)11-15-38-16-12-27(13-17-38)39-14-5-4-8-32(39)40/h2-3,6-7,9-10,18-20,26-27H,4-5,8,11-17,22H2,1H3/t26-/m1/s1. The number of amides is 2. The molecule has 0 bridgehead atoms. The maximum absolute atomic E-state index is 13.8. The van der Waals surface area contributed by atoms with Crippen LogP contribution in [0.15, 0.2) is 54.6 Å². The van der Waals surface area contributed by atoms with Gasteiger partial charge in [-0.15, -0.1) is 0 Å². The first-order chi connectivity index (χ1) is 19.8. The molecule has 6 nitrogen and oxygen atoms in total. The van der Waals surface area contributed by atoms with E-state index in [1.807, 2.05) is 55.6 Å². The van der Waals surface area contributed by atoms with Crippen LogP contribution in [-0.4, -0.2) is 72.3 Å². The Morgan fingerprint density at radius 2 is 1.83 bits per heavy atom. The molecule has 2 fully saturated rings. The largest absolute Gasteiger partial charge is 0.341 e. The molecule has 214 valence electrons. The van der Waals surface area contributed by atoms with Gasteiger partial charge in [-0.3, -0.25) is 9.59 Å². The zero-order valence-corrected chi connectivity index (χ0v) is 25.0. The number of carbonyl (C=O) groups excluding carboxylic acids is 2. The summed E-state index contributed by atoms with van der Waals surface area (Å²) in [6, 6.07) is 19.4. The number of likely N-dealkylation sites (N-methyl/N-ethyl adjacent to an activating group) is 1. The van der Waals surface area contributed by atoms with E-state index >= 15 is 0 Å². The number of piperidine rings is 2. The normalized spacial score (nSPS) is 17.4. The molecule has 1 atom stereocenters. The zero-order chi connectivity index (χ0) is 28.9. The molecule has 0 unspecified atom stereocenters. The minimum atomic E-state index is -0.115. The van der Waals surface area contributed by atoms with Gasteiger partial charge in [0.25, 0.3) is 5.91 Å². The summed E-state index contributed by atoms with van der Waals surface area (Å²) in [6.07, 6.45) is 5.67. The van der Waals surface area contributed by atoms with Gasteiger partial charge in [0.2, 0.25) is 5.91 Å². The SMILES string of the molecule is CN(C[C@@H](CCN1CCC(N2CCCCC2=O)CC1)c1ccc(Cl)c(Cl)c1)C(=O)c1cc(C#N)cc2ccccc12. The van der Waals surface area contributed by atoms with Gasteiger partial charge in [0.05, 0.1) is 21.7 Å². The van der Waals surface area contributed by atoms with E-state index in [2.05, 4.69) is 15.9 Å². The van der Waals surface area contributed by atoms with Crippen molar-refractivity contribution < 1.29 is 9.59 Å². The highest BCUT2D eigenvalue weighted by Gasteiger charge is 2.30. The number of nitriles is 1. The molecule has 2 saturated heterocycles. The Bertz CT molecular complexity index is 1460. The summed E-state index contributed by atoms with van der Waals surface area (Å²) in [5.74, 6) is 0.246. The highest BCUT2D eigenvalue weighted by molar-refractivity contribution is 6.42. The summed E-state index contributed by atoms with van der Waals surface area (Å²) in [5.41, 5.74) is 2.05. The van der Waals surface area contributed by atoms with Crippen LogP contribution in [0, 0.1) is 11.3 Å². The minimum absolute atomic E-state index is 0.0468. The Morgan fingerprint density at radius 3 is 2.56 bits per heavy atom. The van der Waals surface area contributed by atoms with E-state index in [4.69, 9.17) is 23.2 Å². The van der Waals surface area contributed by atoms with Gasteiger partial charge in [-0.25, -0.2) is 0 Å². The monoisotopic (exact) mass is 590 g/mol. The predicted molar refractivity (Wildman–Crippen MR) is 164 cm³/mol. The average molecular weight is 592 g/mol. The van der Waals surface area contributed by atoms with Crippen molar-refractivity contribution in [2.24, 2.45) is 0 Å². The first-order valence-corrected chi connectivity index (χ1v) is 15.2. The summed E-state index contributed by atoms with van der Waals surface area (Å²) < 4.78 is 0. The van der Waals surface area contributed by atoms with E-state index < -0.39 is 0 Å². The molecule has 3 aromatic rings. The van der Waals surface area contributed by atoms with Gasteiger partial charge in [0.15, 0.2) is 0 Å². The number of carbonyl (C=O) groups is 2. The fourth-order valence-corrected chi connectivity index (χ4v) is 6.61. The summed E-state index contributed by atoms with van der Waals surface area (Å²) in [5, 5.41) is 12.3. The van der Waals surface area contributed by atoms with Crippen LogP contribution in [0.1, 0.15) is 65.9 Å². The van der Waals surface area contributed by atoms with Crippen LogP contribution < -0.4 is 0 Å². The lowest BCUT2D eigenvalue weighted by Crippen LogP contribution is -2.49. The van der Waals surface area contributed by atoms with Gasteiger partial charge in [-0.2, -0.15) is 5.26 Å². The number of halogens is 2. The van der Waals surface area contributed by atoms with Gasteiger partial charge >= 0.3 is 0 Å². The van der Waals surface area contributed by atoms with Crippen LogP contribution in [0.3, 0.4) is 0 Å². The number of fused-ring (bicyclic) bond motifs is 1. The summed E-state index contributed by atoms with van der Waals surface area (Å²) in [6.45, 7) is 4.21.